The Morgan fingerprint density at radius 2 is 1.57 bits per heavy atom. The van der Waals surface area contributed by atoms with E-state index in [1.165, 1.54) is 48.5 Å². The van der Waals surface area contributed by atoms with Gasteiger partial charge in [0.05, 0.1) is 5.56 Å². The second-order valence-corrected chi connectivity index (χ2v) is 7.12. The molecule has 0 bridgehead atoms. The number of hydrogen-bond donors (Lipinski definition) is 6. The molecule has 4 rings (SSSR count). The van der Waals surface area contributed by atoms with Gasteiger partial charge in [0.1, 0.15) is 29.1 Å². The Balaban J connectivity index is 1.89. The molecular formula is C22H18O8. The maximum Gasteiger partial charge on any atom is 0.335 e. The Morgan fingerprint density at radius 3 is 2.27 bits per heavy atom. The summed E-state index contributed by atoms with van der Waals surface area (Å²) >= 11 is 0. The van der Waals surface area contributed by atoms with E-state index in [0.717, 1.165) is 0 Å². The monoisotopic (exact) mass is 410 g/mol. The molecule has 3 aromatic rings. The van der Waals surface area contributed by atoms with E-state index in [1.807, 2.05) is 0 Å². The van der Waals surface area contributed by atoms with Crippen LogP contribution in [0.5, 0.6) is 34.5 Å². The molecule has 8 nitrogen and oxygen atoms in total. The van der Waals surface area contributed by atoms with Crippen molar-refractivity contribution in [2.24, 2.45) is 0 Å². The molecule has 0 amide bonds. The zero-order valence-electron chi connectivity index (χ0n) is 15.5. The number of carboxylic acid groups (broad SMARTS) is 1. The van der Waals surface area contributed by atoms with Gasteiger partial charge in [0, 0.05) is 29.2 Å². The number of hydrogen-bond acceptors (Lipinski definition) is 7. The molecule has 2 atom stereocenters. The van der Waals surface area contributed by atoms with E-state index in [4.69, 9.17) is 4.74 Å². The summed E-state index contributed by atoms with van der Waals surface area (Å²) < 4.78 is 6.03. The molecule has 1 unspecified atom stereocenters. The number of rotatable bonds is 3. The largest absolute Gasteiger partial charge is 0.508 e. The van der Waals surface area contributed by atoms with Crippen molar-refractivity contribution in [3.63, 3.8) is 0 Å². The van der Waals surface area contributed by atoms with Crippen molar-refractivity contribution in [3.05, 3.63) is 70.8 Å². The molecule has 1 heterocycles. The fourth-order valence-electron chi connectivity index (χ4n) is 3.75. The van der Waals surface area contributed by atoms with E-state index in [-0.39, 0.29) is 52.0 Å². The number of fused-ring (bicyclic) bond motifs is 1. The Labute approximate surface area is 170 Å². The third-order valence-corrected chi connectivity index (χ3v) is 5.22. The van der Waals surface area contributed by atoms with Crippen LogP contribution < -0.4 is 4.74 Å². The zero-order chi connectivity index (χ0) is 21.6. The van der Waals surface area contributed by atoms with Crippen LogP contribution >= 0.6 is 0 Å². The minimum atomic E-state index is -1.17. The first-order chi connectivity index (χ1) is 14.2. The maximum atomic E-state index is 11.4. The number of aromatic carboxylic acids is 1. The van der Waals surface area contributed by atoms with Gasteiger partial charge < -0.3 is 35.4 Å². The van der Waals surface area contributed by atoms with Crippen LogP contribution in [0.25, 0.3) is 0 Å². The summed E-state index contributed by atoms with van der Waals surface area (Å²) in [6, 6.07) is 10.5. The first-order valence-corrected chi connectivity index (χ1v) is 9.04. The predicted molar refractivity (Wildman–Crippen MR) is 104 cm³/mol. The lowest BCUT2D eigenvalue weighted by molar-refractivity contribution is 0.0696. The van der Waals surface area contributed by atoms with Gasteiger partial charge in [-0.1, -0.05) is 6.07 Å². The van der Waals surface area contributed by atoms with Gasteiger partial charge in [0.2, 0.25) is 0 Å². The van der Waals surface area contributed by atoms with E-state index in [9.17, 15) is 35.4 Å². The summed E-state index contributed by atoms with van der Waals surface area (Å²) in [5.74, 6) is -2.83. The molecule has 1 aliphatic heterocycles. The predicted octanol–water partition coefficient (Wildman–Crippen LogP) is 3.37. The van der Waals surface area contributed by atoms with Gasteiger partial charge >= 0.3 is 5.97 Å². The molecule has 30 heavy (non-hydrogen) atoms. The number of carboxylic acids is 1. The maximum absolute atomic E-state index is 11.4. The molecule has 1 aliphatic rings. The summed E-state index contributed by atoms with van der Waals surface area (Å²) in [7, 11) is 0. The number of carbonyl (C=O) groups is 1. The Morgan fingerprint density at radius 1 is 0.833 bits per heavy atom. The van der Waals surface area contributed by atoms with Crippen molar-refractivity contribution in [2.45, 2.75) is 18.4 Å². The second-order valence-electron chi connectivity index (χ2n) is 7.12. The van der Waals surface area contributed by atoms with E-state index >= 15 is 0 Å². The highest BCUT2D eigenvalue weighted by Gasteiger charge is 2.36. The quantitative estimate of drug-likeness (QED) is 0.360. The van der Waals surface area contributed by atoms with E-state index in [0.29, 0.717) is 11.1 Å². The Kier molecular flexibility index (Phi) is 4.54. The van der Waals surface area contributed by atoms with Crippen molar-refractivity contribution in [2.75, 3.05) is 0 Å². The van der Waals surface area contributed by atoms with E-state index in [2.05, 4.69) is 0 Å². The summed E-state index contributed by atoms with van der Waals surface area (Å²) in [4.78, 5) is 11.4. The summed E-state index contributed by atoms with van der Waals surface area (Å²) in [6.07, 6.45) is -0.662. The number of aromatic hydroxyl groups is 5. The fraction of sp³-hybridized carbons (Fsp3) is 0.136. The molecule has 0 spiro atoms. The highest BCUT2D eigenvalue weighted by Crippen LogP contribution is 2.50. The number of phenols is 5. The molecule has 0 saturated carbocycles. The van der Waals surface area contributed by atoms with E-state index in [1.54, 1.807) is 0 Å². The first-order valence-electron chi connectivity index (χ1n) is 9.04. The molecule has 0 fully saturated rings. The molecule has 154 valence electrons. The molecule has 6 N–H and O–H groups in total. The number of phenolic OH excluding ortho intramolecular Hbond substituents is 5. The Bertz CT molecular complexity index is 1150. The fourth-order valence-corrected chi connectivity index (χ4v) is 3.75. The van der Waals surface area contributed by atoms with Crippen LogP contribution in [0.15, 0.2) is 48.5 Å². The van der Waals surface area contributed by atoms with Crippen LogP contribution in [0.2, 0.25) is 0 Å². The summed E-state index contributed by atoms with van der Waals surface area (Å²) in [6.45, 7) is 0. The van der Waals surface area contributed by atoms with Gasteiger partial charge in [0.25, 0.3) is 0 Å². The topological polar surface area (TPSA) is 148 Å². The molecule has 0 aromatic heterocycles. The average molecular weight is 410 g/mol. The third-order valence-electron chi connectivity index (χ3n) is 5.22. The van der Waals surface area contributed by atoms with Crippen molar-refractivity contribution in [1.29, 1.82) is 0 Å². The lowest BCUT2D eigenvalue weighted by atomic mass is 9.81. The van der Waals surface area contributed by atoms with Gasteiger partial charge in [-0.05, 0) is 42.3 Å². The van der Waals surface area contributed by atoms with Crippen molar-refractivity contribution >= 4 is 5.97 Å². The molecular weight excluding hydrogens is 392 g/mol. The Hall–Kier alpha value is -4.07. The summed E-state index contributed by atoms with van der Waals surface area (Å²) in [5, 5.41) is 59.5. The van der Waals surface area contributed by atoms with Gasteiger partial charge in [-0.15, -0.1) is 0 Å². The van der Waals surface area contributed by atoms with Crippen LogP contribution in [-0.2, 0) is 6.42 Å². The zero-order valence-corrected chi connectivity index (χ0v) is 15.5. The van der Waals surface area contributed by atoms with Crippen molar-refractivity contribution in [1.82, 2.24) is 0 Å². The standard InChI is InChI=1S/C22H18O8/c23-12-7-18(26)15-9-14(13-5-11(22(28)29)2-3-16(13)24)21(30-20(15)8-12)10-1-4-17(25)19(27)6-10/h1-8,14,21,23-27H,9H2,(H,28,29)/t14?,21-/m0/s1. The van der Waals surface area contributed by atoms with Crippen LogP contribution in [0, 0.1) is 0 Å². The second kappa shape index (κ2) is 7.07. The lowest BCUT2D eigenvalue weighted by Crippen LogP contribution is -2.25. The smallest absolute Gasteiger partial charge is 0.335 e. The normalized spacial score (nSPS) is 17.7. The molecule has 0 radical (unpaired) electrons. The van der Waals surface area contributed by atoms with Gasteiger partial charge in [-0.25, -0.2) is 4.79 Å². The van der Waals surface area contributed by atoms with Crippen LogP contribution in [0.4, 0.5) is 0 Å². The van der Waals surface area contributed by atoms with Crippen LogP contribution in [0.3, 0.4) is 0 Å². The number of benzene rings is 3. The first kappa shape index (κ1) is 19.3. The average Bonchev–Trinajstić information content (AvgIpc) is 2.69. The van der Waals surface area contributed by atoms with Crippen LogP contribution in [0.1, 0.15) is 39.1 Å². The van der Waals surface area contributed by atoms with Gasteiger partial charge in [0.15, 0.2) is 11.5 Å². The molecule has 8 heteroatoms. The summed E-state index contributed by atoms with van der Waals surface area (Å²) in [5.41, 5.74) is 1.09. The van der Waals surface area contributed by atoms with Crippen molar-refractivity contribution < 1.29 is 40.2 Å². The van der Waals surface area contributed by atoms with Gasteiger partial charge in [-0.2, -0.15) is 0 Å². The van der Waals surface area contributed by atoms with Gasteiger partial charge in [-0.3, -0.25) is 0 Å². The lowest BCUT2D eigenvalue weighted by Gasteiger charge is -2.35. The minimum absolute atomic E-state index is 0.0316. The highest BCUT2D eigenvalue weighted by atomic mass is 16.5. The SMILES string of the molecule is O=C(O)c1ccc(O)c(C2Cc3c(O)cc(O)cc3O[C@H]2c2ccc(O)c(O)c2)c1. The third kappa shape index (κ3) is 3.28. The number of ether oxygens (including phenoxy) is 1. The minimum Gasteiger partial charge on any atom is -0.508 e. The molecule has 0 saturated heterocycles. The van der Waals surface area contributed by atoms with Crippen molar-refractivity contribution in [3.8, 4) is 34.5 Å². The van der Waals surface area contributed by atoms with E-state index < -0.39 is 18.0 Å². The van der Waals surface area contributed by atoms with Crippen LogP contribution in [-0.4, -0.2) is 36.6 Å². The molecule has 3 aromatic carbocycles. The molecule has 0 aliphatic carbocycles. The highest BCUT2D eigenvalue weighted by molar-refractivity contribution is 5.88.